The second kappa shape index (κ2) is 7.37. The zero-order valence-electron chi connectivity index (χ0n) is 12.5. The summed E-state index contributed by atoms with van der Waals surface area (Å²) in [5.74, 6) is -0.737. The van der Waals surface area contributed by atoms with E-state index < -0.39 is 16.6 Å². The molecule has 0 heterocycles. The molecule has 7 nitrogen and oxygen atoms in total. The molecule has 0 aromatic heterocycles. The topological polar surface area (TPSA) is 87.9 Å². The Bertz CT molecular complexity index is 809. The van der Waals surface area contributed by atoms with Crippen LogP contribution in [-0.4, -0.2) is 25.1 Å². The molecule has 0 amide bonds. The number of hydrogen-bond acceptors (Lipinski definition) is 6. The fourth-order valence-corrected chi connectivity index (χ4v) is 2.23. The predicted octanol–water partition coefficient (Wildman–Crippen LogP) is 4.14. The molecule has 9 heteroatoms. The van der Waals surface area contributed by atoms with Crippen LogP contribution in [0.25, 0.3) is 0 Å². The number of benzene rings is 2. The van der Waals surface area contributed by atoms with E-state index in [4.69, 9.17) is 37.4 Å². The van der Waals surface area contributed by atoms with Gasteiger partial charge in [0.05, 0.1) is 30.2 Å². The SMILES string of the molecule is COc1cc(C(=O)Oc2cccc(Cl)c2Cl)c([N+](=O)[O-])cc1OC. The van der Waals surface area contributed by atoms with Gasteiger partial charge in [0.25, 0.3) is 5.69 Å². The van der Waals surface area contributed by atoms with E-state index >= 15 is 0 Å². The Morgan fingerprint density at radius 3 is 2.29 bits per heavy atom. The summed E-state index contributed by atoms with van der Waals surface area (Å²) in [5.41, 5.74) is -0.801. The summed E-state index contributed by atoms with van der Waals surface area (Å²) in [6.45, 7) is 0. The molecule has 126 valence electrons. The summed E-state index contributed by atoms with van der Waals surface area (Å²) in [7, 11) is 2.66. The molecular formula is C15H11Cl2NO6. The molecule has 0 fully saturated rings. The van der Waals surface area contributed by atoms with Gasteiger partial charge in [-0.15, -0.1) is 0 Å². The Labute approximate surface area is 146 Å². The second-order valence-corrected chi connectivity index (χ2v) is 5.21. The van der Waals surface area contributed by atoms with Crippen molar-refractivity contribution in [2.24, 2.45) is 0 Å². The molecule has 0 unspecified atom stereocenters. The molecule has 0 saturated carbocycles. The quantitative estimate of drug-likeness (QED) is 0.339. The maximum Gasteiger partial charge on any atom is 0.350 e. The molecular weight excluding hydrogens is 361 g/mol. The first-order valence-electron chi connectivity index (χ1n) is 6.45. The lowest BCUT2D eigenvalue weighted by Gasteiger charge is -2.11. The van der Waals surface area contributed by atoms with Crippen molar-refractivity contribution < 1.29 is 23.9 Å². The van der Waals surface area contributed by atoms with E-state index in [-0.39, 0.29) is 32.9 Å². The average Bonchev–Trinajstić information content (AvgIpc) is 2.57. The highest BCUT2D eigenvalue weighted by Crippen LogP contribution is 2.36. The van der Waals surface area contributed by atoms with Crippen molar-refractivity contribution in [1.82, 2.24) is 0 Å². The lowest BCUT2D eigenvalue weighted by Crippen LogP contribution is -2.12. The Balaban J connectivity index is 2.48. The molecule has 0 atom stereocenters. The van der Waals surface area contributed by atoms with Crippen molar-refractivity contribution in [3.05, 3.63) is 56.1 Å². The van der Waals surface area contributed by atoms with Crippen molar-refractivity contribution in [1.29, 1.82) is 0 Å². The number of methoxy groups -OCH3 is 2. The predicted molar refractivity (Wildman–Crippen MR) is 87.6 cm³/mol. The number of nitrogens with zero attached hydrogens (tertiary/aromatic N) is 1. The van der Waals surface area contributed by atoms with Crippen molar-refractivity contribution in [2.75, 3.05) is 14.2 Å². The van der Waals surface area contributed by atoms with Gasteiger partial charge >= 0.3 is 5.97 Å². The molecule has 24 heavy (non-hydrogen) atoms. The van der Waals surface area contributed by atoms with Gasteiger partial charge in [-0.1, -0.05) is 29.3 Å². The smallest absolute Gasteiger partial charge is 0.350 e. The highest BCUT2D eigenvalue weighted by molar-refractivity contribution is 6.43. The van der Waals surface area contributed by atoms with Gasteiger partial charge in [0, 0.05) is 6.07 Å². The van der Waals surface area contributed by atoms with Crippen LogP contribution in [0.5, 0.6) is 17.2 Å². The number of ether oxygens (including phenoxy) is 3. The molecule has 0 N–H and O–H groups in total. The van der Waals surface area contributed by atoms with Crippen LogP contribution in [0.2, 0.25) is 10.0 Å². The first kappa shape index (κ1) is 17.8. The molecule has 0 radical (unpaired) electrons. The van der Waals surface area contributed by atoms with Gasteiger partial charge < -0.3 is 14.2 Å². The normalized spacial score (nSPS) is 10.2. The largest absolute Gasteiger partial charge is 0.493 e. The zero-order valence-corrected chi connectivity index (χ0v) is 14.1. The minimum absolute atomic E-state index is 0.0155. The summed E-state index contributed by atoms with van der Waals surface area (Å²) < 4.78 is 15.2. The third-order valence-electron chi connectivity index (χ3n) is 3.04. The van der Waals surface area contributed by atoms with Crippen LogP contribution < -0.4 is 14.2 Å². The minimum Gasteiger partial charge on any atom is -0.493 e. The Morgan fingerprint density at radius 2 is 1.71 bits per heavy atom. The van der Waals surface area contributed by atoms with E-state index in [0.717, 1.165) is 12.1 Å². The van der Waals surface area contributed by atoms with Gasteiger partial charge in [0.15, 0.2) is 17.2 Å². The monoisotopic (exact) mass is 371 g/mol. The third-order valence-corrected chi connectivity index (χ3v) is 3.84. The highest BCUT2D eigenvalue weighted by atomic mass is 35.5. The summed E-state index contributed by atoms with van der Waals surface area (Å²) in [4.78, 5) is 22.8. The lowest BCUT2D eigenvalue weighted by molar-refractivity contribution is -0.385. The number of halogens is 2. The fourth-order valence-electron chi connectivity index (χ4n) is 1.90. The molecule has 0 aliphatic rings. The summed E-state index contributed by atoms with van der Waals surface area (Å²) >= 11 is 11.8. The van der Waals surface area contributed by atoms with Crippen molar-refractivity contribution in [3.8, 4) is 17.2 Å². The third kappa shape index (κ3) is 3.52. The Hall–Kier alpha value is -2.51. The van der Waals surface area contributed by atoms with Crippen LogP contribution in [0, 0.1) is 10.1 Å². The van der Waals surface area contributed by atoms with Crippen LogP contribution in [0.15, 0.2) is 30.3 Å². The van der Waals surface area contributed by atoms with Gasteiger partial charge in [-0.2, -0.15) is 0 Å². The van der Waals surface area contributed by atoms with E-state index in [9.17, 15) is 14.9 Å². The van der Waals surface area contributed by atoms with Crippen LogP contribution >= 0.6 is 23.2 Å². The molecule has 0 saturated heterocycles. The van der Waals surface area contributed by atoms with Gasteiger partial charge in [0.2, 0.25) is 0 Å². The lowest BCUT2D eigenvalue weighted by atomic mass is 10.1. The fraction of sp³-hybridized carbons (Fsp3) is 0.133. The molecule has 2 aromatic carbocycles. The van der Waals surface area contributed by atoms with Gasteiger partial charge in [-0.25, -0.2) is 4.79 Å². The number of rotatable bonds is 5. The number of esters is 1. The first-order chi connectivity index (χ1) is 11.4. The van der Waals surface area contributed by atoms with Crippen LogP contribution in [0.3, 0.4) is 0 Å². The second-order valence-electron chi connectivity index (χ2n) is 4.42. The van der Waals surface area contributed by atoms with Gasteiger partial charge in [-0.05, 0) is 12.1 Å². The molecule has 2 aromatic rings. The minimum atomic E-state index is -0.980. The zero-order chi connectivity index (χ0) is 17.9. The molecule has 0 bridgehead atoms. The number of nitro groups is 1. The van der Waals surface area contributed by atoms with Crippen LogP contribution in [0.1, 0.15) is 10.4 Å². The Morgan fingerprint density at radius 1 is 1.08 bits per heavy atom. The number of carbonyl (C=O) groups is 1. The van der Waals surface area contributed by atoms with Gasteiger partial charge in [0.1, 0.15) is 10.6 Å². The van der Waals surface area contributed by atoms with Crippen LogP contribution in [0.4, 0.5) is 5.69 Å². The molecule has 0 aliphatic heterocycles. The Kier molecular flexibility index (Phi) is 5.48. The summed E-state index contributed by atoms with van der Waals surface area (Å²) in [5, 5.41) is 11.4. The van der Waals surface area contributed by atoms with E-state index in [2.05, 4.69) is 0 Å². The molecule has 0 spiro atoms. The first-order valence-corrected chi connectivity index (χ1v) is 7.21. The van der Waals surface area contributed by atoms with E-state index in [0.29, 0.717) is 0 Å². The standard InChI is InChI=1S/C15H11Cl2NO6/c1-22-12-6-8(10(18(20)21)7-13(12)23-2)15(19)24-11-5-3-4-9(16)14(11)17/h3-7H,1-2H3. The maximum atomic E-state index is 12.3. The van der Waals surface area contributed by atoms with E-state index in [1.165, 1.54) is 32.4 Å². The van der Waals surface area contributed by atoms with Gasteiger partial charge in [-0.3, -0.25) is 10.1 Å². The molecule has 2 rings (SSSR count). The summed E-state index contributed by atoms with van der Waals surface area (Å²) in [6, 6.07) is 6.70. The number of carbonyl (C=O) groups excluding carboxylic acids is 1. The van der Waals surface area contributed by atoms with Crippen molar-refractivity contribution in [3.63, 3.8) is 0 Å². The summed E-state index contributed by atoms with van der Waals surface area (Å²) in [6.07, 6.45) is 0. The number of hydrogen-bond donors (Lipinski definition) is 0. The maximum absolute atomic E-state index is 12.3. The van der Waals surface area contributed by atoms with Crippen molar-refractivity contribution >= 4 is 34.9 Å². The van der Waals surface area contributed by atoms with E-state index in [1.807, 2.05) is 0 Å². The number of nitro benzene ring substituents is 1. The highest BCUT2D eigenvalue weighted by Gasteiger charge is 2.26. The van der Waals surface area contributed by atoms with Crippen molar-refractivity contribution in [2.45, 2.75) is 0 Å². The van der Waals surface area contributed by atoms with E-state index in [1.54, 1.807) is 0 Å². The average molecular weight is 372 g/mol. The molecule has 0 aliphatic carbocycles. The van der Waals surface area contributed by atoms with Crippen LogP contribution in [-0.2, 0) is 0 Å².